The van der Waals surface area contributed by atoms with E-state index in [1.807, 2.05) is 0 Å². The van der Waals surface area contributed by atoms with Gasteiger partial charge in [-0.25, -0.2) is 8.42 Å². The highest BCUT2D eigenvalue weighted by molar-refractivity contribution is 8.15. The molecule has 0 N–H and O–H groups in total. The summed E-state index contributed by atoms with van der Waals surface area (Å²) in [6, 6.07) is 0. The minimum Gasteiger partial charge on any atom is -0.378 e. The molecule has 82 valence electrons. The quantitative estimate of drug-likeness (QED) is 0.689. The lowest BCUT2D eigenvalue weighted by Crippen LogP contribution is -2.26. The molecule has 2 aliphatic carbocycles. The lowest BCUT2D eigenvalue weighted by atomic mass is 9.96. The van der Waals surface area contributed by atoms with Gasteiger partial charge in [0.2, 0.25) is 9.05 Å². The Hall–Kier alpha value is 0.200. The Kier molecular flexibility index (Phi) is 2.79. The van der Waals surface area contributed by atoms with Crippen molar-refractivity contribution in [3.8, 4) is 0 Å². The topological polar surface area (TPSA) is 43.4 Å². The van der Waals surface area contributed by atoms with Crippen LogP contribution in [0, 0.1) is 0 Å². The molecule has 0 aromatic heterocycles. The minimum absolute atomic E-state index is 0.379. The van der Waals surface area contributed by atoms with Crippen molar-refractivity contribution >= 4 is 19.7 Å². The molecule has 5 heteroatoms. The van der Waals surface area contributed by atoms with E-state index in [1.54, 1.807) is 0 Å². The fourth-order valence-corrected chi connectivity index (χ4v) is 3.32. The van der Waals surface area contributed by atoms with Gasteiger partial charge in [-0.1, -0.05) is 0 Å². The molecule has 2 rings (SSSR count). The molecule has 0 saturated heterocycles. The first-order chi connectivity index (χ1) is 6.54. The van der Waals surface area contributed by atoms with E-state index >= 15 is 0 Å². The maximum atomic E-state index is 11.2. The van der Waals surface area contributed by atoms with E-state index < -0.39 is 13.8 Å². The third kappa shape index (κ3) is 2.07. The van der Waals surface area contributed by atoms with Crippen molar-refractivity contribution in [1.29, 1.82) is 0 Å². The minimum atomic E-state index is -3.39. The Labute approximate surface area is 89.2 Å². The van der Waals surface area contributed by atoms with Crippen molar-refractivity contribution in [2.24, 2.45) is 0 Å². The maximum absolute atomic E-state index is 11.2. The van der Waals surface area contributed by atoms with Gasteiger partial charge in [0.25, 0.3) is 0 Å². The normalized spacial score (nSPS) is 25.8. The summed E-state index contributed by atoms with van der Waals surface area (Å²) < 4.78 is 27.3. The maximum Gasteiger partial charge on any atom is 0.238 e. The van der Waals surface area contributed by atoms with Crippen molar-refractivity contribution < 1.29 is 13.2 Å². The number of hydrogen-bond acceptors (Lipinski definition) is 3. The number of hydrogen-bond donors (Lipinski definition) is 0. The molecule has 2 saturated carbocycles. The smallest absolute Gasteiger partial charge is 0.238 e. The molecule has 0 amide bonds. The summed E-state index contributed by atoms with van der Waals surface area (Å²) in [5.74, 6) is 0. The van der Waals surface area contributed by atoms with Crippen molar-refractivity contribution in [1.82, 2.24) is 0 Å². The Bertz CT molecular complexity index is 304. The molecule has 0 heterocycles. The summed E-state index contributed by atoms with van der Waals surface area (Å²) in [7, 11) is 1.98. The summed E-state index contributed by atoms with van der Waals surface area (Å²) in [6.07, 6.45) is 5.84. The molecule has 0 spiro atoms. The Morgan fingerprint density at radius 3 is 2.36 bits per heavy atom. The first-order valence-corrected chi connectivity index (χ1v) is 7.40. The lowest BCUT2D eigenvalue weighted by molar-refractivity contribution is 0.000541. The van der Waals surface area contributed by atoms with Crippen LogP contribution in [0.15, 0.2) is 0 Å². The zero-order valence-electron chi connectivity index (χ0n) is 8.04. The Balaban J connectivity index is 1.74. The van der Waals surface area contributed by atoms with Gasteiger partial charge in [-0.15, -0.1) is 0 Å². The molecule has 14 heavy (non-hydrogen) atoms. The van der Waals surface area contributed by atoms with Crippen molar-refractivity contribution in [3.05, 3.63) is 0 Å². The molecule has 0 aliphatic heterocycles. The van der Waals surface area contributed by atoms with Gasteiger partial charge >= 0.3 is 0 Å². The highest BCUT2D eigenvalue weighted by Crippen LogP contribution is 2.48. The van der Waals surface area contributed by atoms with Crippen LogP contribution >= 0.6 is 10.7 Å². The van der Waals surface area contributed by atoms with Gasteiger partial charge in [0.15, 0.2) is 0 Å². The predicted octanol–water partition coefficient (Wildman–Crippen LogP) is 2.05. The molecule has 2 fully saturated rings. The molecule has 0 aromatic rings. The van der Waals surface area contributed by atoms with Gasteiger partial charge in [0, 0.05) is 17.3 Å². The molecule has 3 nitrogen and oxygen atoms in total. The van der Waals surface area contributed by atoms with Crippen LogP contribution in [0.1, 0.15) is 38.5 Å². The van der Waals surface area contributed by atoms with E-state index in [-0.39, 0.29) is 0 Å². The van der Waals surface area contributed by atoms with Crippen LogP contribution in [0.3, 0.4) is 0 Å². The van der Waals surface area contributed by atoms with Gasteiger partial charge in [-0.2, -0.15) is 0 Å². The standard InChI is InChI=1S/C9H15ClO3S/c10-14(11,12)9(4-5-9)6-7-13-8-2-1-3-8/h8H,1-7H2. The largest absolute Gasteiger partial charge is 0.378 e. The van der Waals surface area contributed by atoms with Crippen molar-refractivity contribution in [3.63, 3.8) is 0 Å². The highest BCUT2D eigenvalue weighted by atomic mass is 35.7. The van der Waals surface area contributed by atoms with Gasteiger partial charge in [-0.05, 0) is 38.5 Å². The van der Waals surface area contributed by atoms with Gasteiger partial charge in [0.05, 0.1) is 10.9 Å². The summed E-state index contributed by atoms with van der Waals surface area (Å²) >= 11 is 0. The predicted molar refractivity (Wildman–Crippen MR) is 54.9 cm³/mol. The average molecular weight is 239 g/mol. The third-order valence-electron chi connectivity index (χ3n) is 3.29. The van der Waals surface area contributed by atoms with Crippen LogP contribution < -0.4 is 0 Å². The Morgan fingerprint density at radius 2 is 2.00 bits per heavy atom. The van der Waals surface area contributed by atoms with Crippen molar-refractivity contribution in [2.45, 2.75) is 49.4 Å². The van der Waals surface area contributed by atoms with E-state index in [4.69, 9.17) is 15.4 Å². The highest BCUT2D eigenvalue weighted by Gasteiger charge is 2.53. The monoisotopic (exact) mass is 238 g/mol. The second-order valence-electron chi connectivity index (χ2n) is 4.29. The zero-order chi connectivity index (χ0) is 10.2. The van der Waals surface area contributed by atoms with Crippen LogP contribution in [0.5, 0.6) is 0 Å². The molecular formula is C9H15ClO3S. The average Bonchev–Trinajstić information content (AvgIpc) is 2.73. The zero-order valence-corrected chi connectivity index (χ0v) is 9.61. The van der Waals surface area contributed by atoms with Crippen LogP contribution in [0.2, 0.25) is 0 Å². The second-order valence-corrected chi connectivity index (χ2v) is 7.26. The molecule has 0 bridgehead atoms. The van der Waals surface area contributed by atoms with Gasteiger partial charge in [-0.3, -0.25) is 0 Å². The van der Waals surface area contributed by atoms with E-state index in [0.29, 0.717) is 32.0 Å². The SMILES string of the molecule is O=S(=O)(Cl)C1(CCOC2CCC2)CC1. The molecule has 0 aromatic carbocycles. The number of rotatable bonds is 5. The number of ether oxygens (including phenoxy) is 1. The fourth-order valence-electron chi connectivity index (χ4n) is 1.70. The first-order valence-electron chi connectivity index (χ1n) is 5.09. The van der Waals surface area contributed by atoms with E-state index in [2.05, 4.69) is 0 Å². The molecule has 0 radical (unpaired) electrons. The van der Waals surface area contributed by atoms with Gasteiger partial charge < -0.3 is 4.74 Å². The lowest BCUT2D eigenvalue weighted by Gasteiger charge is -2.26. The number of halogens is 1. The molecular weight excluding hydrogens is 224 g/mol. The molecule has 2 aliphatic rings. The van der Waals surface area contributed by atoms with Crippen molar-refractivity contribution in [2.75, 3.05) is 6.61 Å². The first kappa shape index (κ1) is 10.7. The third-order valence-corrected chi connectivity index (χ3v) is 5.92. The van der Waals surface area contributed by atoms with Crippen LogP contribution in [0.25, 0.3) is 0 Å². The Morgan fingerprint density at radius 1 is 1.36 bits per heavy atom. The second kappa shape index (κ2) is 3.65. The van der Waals surface area contributed by atoms with E-state index in [0.717, 1.165) is 12.8 Å². The van der Waals surface area contributed by atoms with E-state index in [9.17, 15) is 8.42 Å². The van der Waals surface area contributed by atoms with Crippen LogP contribution in [-0.2, 0) is 13.8 Å². The summed E-state index contributed by atoms with van der Waals surface area (Å²) in [5, 5.41) is 0. The van der Waals surface area contributed by atoms with Gasteiger partial charge in [0.1, 0.15) is 0 Å². The van der Waals surface area contributed by atoms with Crippen LogP contribution in [-0.4, -0.2) is 25.9 Å². The summed E-state index contributed by atoms with van der Waals surface area (Å²) in [6.45, 7) is 0.538. The summed E-state index contributed by atoms with van der Waals surface area (Å²) in [5.41, 5.74) is 0. The van der Waals surface area contributed by atoms with Crippen LogP contribution in [0.4, 0.5) is 0 Å². The molecule has 0 atom stereocenters. The molecule has 0 unspecified atom stereocenters. The fraction of sp³-hybridized carbons (Fsp3) is 1.00. The van der Waals surface area contributed by atoms with E-state index in [1.165, 1.54) is 6.42 Å². The summed E-state index contributed by atoms with van der Waals surface area (Å²) in [4.78, 5) is 0.